The summed E-state index contributed by atoms with van der Waals surface area (Å²) in [6, 6.07) is 9.50. The van der Waals surface area contributed by atoms with Gasteiger partial charge in [0.25, 0.3) is 5.91 Å². The molecule has 1 aromatic heterocycles. The highest BCUT2D eigenvalue weighted by atomic mass is 16.2. The van der Waals surface area contributed by atoms with Crippen LogP contribution in [0, 0.1) is 5.41 Å². The second-order valence-corrected chi connectivity index (χ2v) is 6.79. The molecule has 6 nitrogen and oxygen atoms in total. The Morgan fingerprint density at radius 3 is 2.46 bits per heavy atom. The summed E-state index contributed by atoms with van der Waals surface area (Å²) in [4.78, 5) is 26.1. The lowest BCUT2D eigenvalue weighted by Crippen LogP contribution is -2.44. The first-order valence-corrected chi connectivity index (χ1v) is 8.31. The number of piperidine rings is 1. The average Bonchev–Trinajstić information content (AvgIpc) is 3.26. The van der Waals surface area contributed by atoms with Crippen molar-refractivity contribution in [3.8, 4) is 11.3 Å². The van der Waals surface area contributed by atoms with Crippen LogP contribution in [0.2, 0.25) is 0 Å². The van der Waals surface area contributed by atoms with E-state index in [1.54, 1.807) is 6.20 Å². The Bertz CT molecular complexity index is 744. The monoisotopic (exact) mass is 324 g/mol. The molecule has 0 unspecified atom stereocenters. The average molecular weight is 324 g/mol. The SMILES string of the molecule is O=C1CC2(CCN(C(=O)c3ccc(-c4ccn[nH]4)cc3)CC2)CN1. The number of hydrogen-bond acceptors (Lipinski definition) is 3. The van der Waals surface area contributed by atoms with Crippen molar-refractivity contribution in [2.45, 2.75) is 19.3 Å². The molecule has 124 valence electrons. The van der Waals surface area contributed by atoms with Gasteiger partial charge in [0.1, 0.15) is 0 Å². The lowest BCUT2D eigenvalue weighted by molar-refractivity contribution is -0.119. The summed E-state index contributed by atoms with van der Waals surface area (Å²) in [6.07, 6.45) is 4.10. The van der Waals surface area contributed by atoms with Gasteiger partial charge in [-0.05, 0) is 42.0 Å². The Balaban J connectivity index is 1.42. The minimum atomic E-state index is 0.0678. The van der Waals surface area contributed by atoms with Gasteiger partial charge in [-0.2, -0.15) is 5.10 Å². The summed E-state index contributed by atoms with van der Waals surface area (Å²) >= 11 is 0. The number of hydrogen-bond donors (Lipinski definition) is 2. The summed E-state index contributed by atoms with van der Waals surface area (Å²) in [6.45, 7) is 2.19. The van der Waals surface area contributed by atoms with Crippen LogP contribution in [0.5, 0.6) is 0 Å². The molecule has 2 saturated heterocycles. The summed E-state index contributed by atoms with van der Waals surface area (Å²) in [7, 11) is 0. The highest BCUT2D eigenvalue weighted by Crippen LogP contribution is 2.37. The zero-order valence-electron chi connectivity index (χ0n) is 13.4. The fourth-order valence-corrected chi connectivity index (χ4v) is 3.68. The summed E-state index contributed by atoms with van der Waals surface area (Å²) in [5.41, 5.74) is 2.72. The highest BCUT2D eigenvalue weighted by Gasteiger charge is 2.41. The van der Waals surface area contributed by atoms with E-state index in [1.165, 1.54) is 0 Å². The molecule has 1 aromatic carbocycles. The molecule has 6 heteroatoms. The molecule has 2 fully saturated rings. The second-order valence-electron chi connectivity index (χ2n) is 6.79. The maximum atomic E-state index is 12.7. The molecule has 2 aromatic rings. The van der Waals surface area contributed by atoms with Gasteiger partial charge in [-0.1, -0.05) is 12.1 Å². The van der Waals surface area contributed by atoms with Crippen molar-refractivity contribution in [1.82, 2.24) is 20.4 Å². The second kappa shape index (κ2) is 5.78. The zero-order valence-corrected chi connectivity index (χ0v) is 13.4. The van der Waals surface area contributed by atoms with Crippen LogP contribution in [0.3, 0.4) is 0 Å². The van der Waals surface area contributed by atoms with Crippen LogP contribution in [0.1, 0.15) is 29.6 Å². The van der Waals surface area contributed by atoms with Crippen LogP contribution in [0.4, 0.5) is 0 Å². The number of rotatable bonds is 2. The molecule has 2 aliphatic heterocycles. The van der Waals surface area contributed by atoms with E-state index in [9.17, 15) is 9.59 Å². The standard InChI is InChI=1S/C18H20N4O2/c23-16-11-18(12-19-16)6-9-22(10-7-18)17(24)14-3-1-13(2-4-14)15-5-8-20-21-15/h1-5,8H,6-7,9-12H2,(H,19,23)(H,20,21). The molecule has 0 bridgehead atoms. The molecule has 2 N–H and O–H groups in total. The van der Waals surface area contributed by atoms with Gasteiger partial charge in [0.05, 0.1) is 5.69 Å². The molecule has 4 rings (SSSR count). The third-order valence-electron chi connectivity index (χ3n) is 5.25. The van der Waals surface area contributed by atoms with Gasteiger partial charge >= 0.3 is 0 Å². The van der Waals surface area contributed by atoms with E-state index in [0.717, 1.165) is 43.7 Å². The smallest absolute Gasteiger partial charge is 0.253 e. The Morgan fingerprint density at radius 1 is 1.12 bits per heavy atom. The Hall–Kier alpha value is -2.63. The number of benzene rings is 1. The van der Waals surface area contributed by atoms with Crippen molar-refractivity contribution >= 4 is 11.8 Å². The minimum Gasteiger partial charge on any atom is -0.356 e. The maximum Gasteiger partial charge on any atom is 0.253 e. The van der Waals surface area contributed by atoms with Crippen molar-refractivity contribution in [2.75, 3.05) is 19.6 Å². The first-order valence-electron chi connectivity index (χ1n) is 8.31. The molecule has 24 heavy (non-hydrogen) atoms. The molecular formula is C18H20N4O2. The highest BCUT2D eigenvalue weighted by molar-refractivity contribution is 5.94. The Labute approximate surface area is 140 Å². The predicted molar refractivity (Wildman–Crippen MR) is 89.2 cm³/mol. The van der Waals surface area contributed by atoms with Crippen molar-refractivity contribution in [2.24, 2.45) is 5.41 Å². The van der Waals surface area contributed by atoms with Crippen molar-refractivity contribution in [3.05, 3.63) is 42.1 Å². The first kappa shape index (κ1) is 14.9. The summed E-state index contributed by atoms with van der Waals surface area (Å²) in [5, 5.41) is 9.78. The van der Waals surface area contributed by atoms with Gasteiger partial charge in [-0.25, -0.2) is 0 Å². The van der Waals surface area contributed by atoms with E-state index >= 15 is 0 Å². The molecule has 0 aliphatic carbocycles. The maximum absolute atomic E-state index is 12.7. The van der Waals surface area contributed by atoms with Crippen LogP contribution in [-0.4, -0.2) is 46.5 Å². The largest absolute Gasteiger partial charge is 0.356 e. The number of carbonyl (C=O) groups excluding carboxylic acids is 2. The number of H-pyrrole nitrogens is 1. The zero-order chi connectivity index (χ0) is 16.6. The molecule has 0 saturated carbocycles. The number of aromatic nitrogens is 2. The van der Waals surface area contributed by atoms with Crippen molar-refractivity contribution in [3.63, 3.8) is 0 Å². The van der Waals surface area contributed by atoms with E-state index in [2.05, 4.69) is 15.5 Å². The van der Waals surface area contributed by atoms with Crippen LogP contribution < -0.4 is 5.32 Å². The summed E-state index contributed by atoms with van der Waals surface area (Å²) in [5.74, 6) is 0.211. The number of aromatic amines is 1. The number of likely N-dealkylation sites (tertiary alicyclic amines) is 1. The quantitative estimate of drug-likeness (QED) is 0.884. The molecule has 0 radical (unpaired) electrons. The van der Waals surface area contributed by atoms with Gasteiger partial charge in [-0.3, -0.25) is 14.7 Å². The Morgan fingerprint density at radius 2 is 1.88 bits per heavy atom. The van der Waals surface area contributed by atoms with Crippen LogP contribution in [0.15, 0.2) is 36.5 Å². The lowest BCUT2D eigenvalue weighted by atomic mass is 9.77. The fraction of sp³-hybridized carbons (Fsp3) is 0.389. The molecule has 1 spiro atoms. The molecule has 2 aliphatic rings. The number of amides is 2. The van der Waals surface area contributed by atoms with Gasteiger partial charge in [0, 0.05) is 37.8 Å². The third-order valence-corrected chi connectivity index (χ3v) is 5.25. The van der Waals surface area contributed by atoms with E-state index in [0.29, 0.717) is 12.0 Å². The van der Waals surface area contributed by atoms with E-state index in [4.69, 9.17) is 0 Å². The van der Waals surface area contributed by atoms with Crippen LogP contribution in [-0.2, 0) is 4.79 Å². The van der Waals surface area contributed by atoms with Crippen molar-refractivity contribution < 1.29 is 9.59 Å². The van der Waals surface area contributed by atoms with Crippen molar-refractivity contribution in [1.29, 1.82) is 0 Å². The van der Waals surface area contributed by atoms with Gasteiger partial charge in [0.2, 0.25) is 5.91 Å². The minimum absolute atomic E-state index is 0.0678. The number of nitrogens with zero attached hydrogens (tertiary/aromatic N) is 2. The van der Waals surface area contributed by atoms with E-state index in [1.807, 2.05) is 35.2 Å². The normalized spacial score (nSPS) is 19.5. The fourth-order valence-electron chi connectivity index (χ4n) is 3.68. The number of carbonyl (C=O) groups is 2. The third kappa shape index (κ3) is 2.68. The van der Waals surface area contributed by atoms with Crippen LogP contribution in [0.25, 0.3) is 11.3 Å². The molecule has 0 atom stereocenters. The Kier molecular flexibility index (Phi) is 3.59. The molecule has 2 amide bonds. The van der Waals surface area contributed by atoms with Gasteiger partial charge in [-0.15, -0.1) is 0 Å². The predicted octanol–water partition coefficient (Wildman–Crippen LogP) is 1.82. The lowest BCUT2D eigenvalue weighted by Gasteiger charge is -2.38. The molecule has 3 heterocycles. The topological polar surface area (TPSA) is 78.1 Å². The molecular weight excluding hydrogens is 304 g/mol. The van der Waals surface area contributed by atoms with Gasteiger partial charge < -0.3 is 10.2 Å². The summed E-state index contributed by atoms with van der Waals surface area (Å²) < 4.78 is 0. The number of nitrogens with one attached hydrogen (secondary N) is 2. The van der Waals surface area contributed by atoms with Crippen LogP contribution >= 0.6 is 0 Å². The van der Waals surface area contributed by atoms with Gasteiger partial charge in [0.15, 0.2) is 0 Å². The first-order chi connectivity index (χ1) is 11.7. The van der Waals surface area contributed by atoms with E-state index in [-0.39, 0.29) is 17.2 Å². The van der Waals surface area contributed by atoms with E-state index < -0.39 is 0 Å².